The number of hydrogen-bond donors (Lipinski definition) is 3. The molecule has 0 radical (unpaired) electrons. The molecular weight excluding hydrogens is 426 g/mol. The number of carbonyl (C=O) groups is 4. The van der Waals surface area contributed by atoms with Crippen LogP contribution in [0.25, 0.3) is 0 Å². The fourth-order valence-corrected chi connectivity index (χ4v) is 3.43. The van der Waals surface area contributed by atoms with Crippen molar-refractivity contribution in [2.45, 2.75) is 4.90 Å². The lowest BCUT2D eigenvalue weighted by atomic mass is 10.2. The minimum atomic E-state index is -0.742. The van der Waals surface area contributed by atoms with Gasteiger partial charge in [-0.15, -0.1) is 11.8 Å². The van der Waals surface area contributed by atoms with Crippen molar-refractivity contribution in [1.82, 2.24) is 10.9 Å². The van der Waals surface area contributed by atoms with Crippen LogP contribution >= 0.6 is 11.8 Å². The molecule has 2 aromatic rings. The maximum absolute atomic E-state index is 12.2. The molecule has 0 atom stereocenters. The molecule has 0 aliphatic carbocycles. The van der Waals surface area contributed by atoms with E-state index in [-0.39, 0.29) is 17.0 Å². The number of anilines is 1. The second-order valence-corrected chi connectivity index (χ2v) is 7.21. The van der Waals surface area contributed by atoms with Crippen LogP contribution in [0.4, 0.5) is 5.69 Å². The van der Waals surface area contributed by atoms with Gasteiger partial charge in [0, 0.05) is 10.5 Å². The zero-order valence-corrected chi connectivity index (χ0v) is 17.5. The van der Waals surface area contributed by atoms with E-state index < -0.39 is 24.4 Å². The molecule has 3 N–H and O–H groups in total. The summed E-state index contributed by atoms with van der Waals surface area (Å²) in [4.78, 5) is 48.6. The SMILES string of the molecule is COc1ccc(C(=O)NNC(=O)COC(=O)c2ccc3c(c2)NC(=O)CS3)cc1OC. The lowest BCUT2D eigenvalue weighted by Crippen LogP contribution is -2.43. The third kappa shape index (κ3) is 5.45. The van der Waals surface area contributed by atoms with Crippen molar-refractivity contribution in [1.29, 1.82) is 0 Å². The van der Waals surface area contributed by atoms with E-state index in [1.165, 1.54) is 44.2 Å². The van der Waals surface area contributed by atoms with Crippen molar-refractivity contribution in [3.8, 4) is 11.5 Å². The number of fused-ring (bicyclic) bond motifs is 1. The summed E-state index contributed by atoms with van der Waals surface area (Å²) in [5, 5.41) is 2.67. The predicted octanol–water partition coefficient (Wildman–Crippen LogP) is 1.37. The Labute approximate surface area is 181 Å². The number of esters is 1. The summed E-state index contributed by atoms with van der Waals surface area (Å²) in [5.41, 5.74) is 5.31. The molecule has 3 amide bonds. The fraction of sp³-hybridized carbons (Fsp3) is 0.200. The molecule has 0 aromatic heterocycles. The first-order valence-electron chi connectivity index (χ1n) is 8.96. The van der Waals surface area contributed by atoms with Gasteiger partial charge in [0.2, 0.25) is 5.91 Å². The monoisotopic (exact) mass is 445 g/mol. The molecule has 2 aromatic carbocycles. The molecule has 0 saturated carbocycles. The third-order valence-corrected chi connectivity index (χ3v) is 5.22. The number of ether oxygens (including phenoxy) is 3. The number of benzene rings is 2. The van der Waals surface area contributed by atoms with Gasteiger partial charge in [0.05, 0.1) is 31.2 Å². The van der Waals surface area contributed by atoms with Crippen LogP contribution in [-0.4, -0.2) is 50.3 Å². The van der Waals surface area contributed by atoms with Crippen LogP contribution < -0.4 is 25.6 Å². The predicted molar refractivity (Wildman–Crippen MR) is 111 cm³/mol. The number of rotatable bonds is 6. The quantitative estimate of drug-likeness (QED) is 0.449. The number of carbonyl (C=O) groups excluding carboxylic acids is 4. The van der Waals surface area contributed by atoms with Gasteiger partial charge in [-0.25, -0.2) is 4.79 Å². The Balaban J connectivity index is 1.50. The lowest BCUT2D eigenvalue weighted by Gasteiger charge is -2.16. The van der Waals surface area contributed by atoms with Gasteiger partial charge in [0.1, 0.15) is 0 Å². The van der Waals surface area contributed by atoms with E-state index in [1.807, 2.05) is 0 Å². The molecule has 0 bridgehead atoms. The van der Waals surface area contributed by atoms with E-state index >= 15 is 0 Å². The van der Waals surface area contributed by atoms with E-state index in [0.717, 1.165) is 4.90 Å². The van der Waals surface area contributed by atoms with Crippen LogP contribution in [0.3, 0.4) is 0 Å². The summed E-state index contributed by atoms with van der Waals surface area (Å²) in [5.74, 6) is -1.11. The van der Waals surface area contributed by atoms with Crippen LogP contribution in [0.1, 0.15) is 20.7 Å². The van der Waals surface area contributed by atoms with Gasteiger partial charge < -0.3 is 19.5 Å². The Morgan fingerprint density at radius 2 is 1.74 bits per heavy atom. The zero-order valence-electron chi connectivity index (χ0n) is 16.6. The number of thioether (sulfide) groups is 1. The normalized spacial score (nSPS) is 12.1. The maximum Gasteiger partial charge on any atom is 0.338 e. The van der Waals surface area contributed by atoms with E-state index in [9.17, 15) is 19.2 Å². The second kappa shape index (κ2) is 9.85. The Morgan fingerprint density at radius 1 is 1.00 bits per heavy atom. The molecule has 0 unspecified atom stereocenters. The molecule has 11 heteroatoms. The summed E-state index contributed by atoms with van der Waals surface area (Å²) in [6, 6.07) is 9.22. The number of hydrogen-bond acceptors (Lipinski definition) is 8. The fourth-order valence-electron chi connectivity index (χ4n) is 2.64. The van der Waals surface area contributed by atoms with Crippen molar-refractivity contribution < 1.29 is 33.4 Å². The number of methoxy groups -OCH3 is 2. The molecule has 0 spiro atoms. The molecular formula is C20H19N3O7S. The van der Waals surface area contributed by atoms with Gasteiger partial charge in [0.15, 0.2) is 18.1 Å². The summed E-state index contributed by atoms with van der Waals surface area (Å²) in [6.45, 7) is -0.608. The minimum absolute atomic E-state index is 0.160. The zero-order chi connectivity index (χ0) is 22.4. The molecule has 0 saturated heterocycles. The minimum Gasteiger partial charge on any atom is -0.493 e. The lowest BCUT2D eigenvalue weighted by molar-refractivity contribution is -0.125. The van der Waals surface area contributed by atoms with Gasteiger partial charge in [-0.1, -0.05) is 0 Å². The van der Waals surface area contributed by atoms with Gasteiger partial charge >= 0.3 is 5.97 Å². The van der Waals surface area contributed by atoms with Crippen molar-refractivity contribution in [2.75, 3.05) is 31.9 Å². The average Bonchev–Trinajstić information content (AvgIpc) is 2.79. The summed E-state index contributed by atoms with van der Waals surface area (Å²) < 4.78 is 15.2. The highest BCUT2D eigenvalue weighted by Crippen LogP contribution is 2.32. The largest absolute Gasteiger partial charge is 0.493 e. The molecule has 31 heavy (non-hydrogen) atoms. The number of nitrogens with one attached hydrogen (secondary N) is 3. The van der Waals surface area contributed by atoms with Crippen LogP contribution in [0.5, 0.6) is 11.5 Å². The molecule has 3 rings (SSSR count). The Morgan fingerprint density at radius 3 is 2.48 bits per heavy atom. The molecule has 1 aliphatic rings. The standard InChI is InChI=1S/C20H19N3O7S/c1-28-14-5-3-11(8-15(14)29-2)19(26)23-22-17(24)9-30-20(27)12-4-6-16-13(7-12)21-18(25)10-31-16/h3-8H,9-10H2,1-2H3,(H,21,25)(H,22,24)(H,23,26). The van der Waals surface area contributed by atoms with E-state index in [2.05, 4.69) is 16.2 Å². The smallest absolute Gasteiger partial charge is 0.338 e. The highest BCUT2D eigenvalue weighted by Gasteiger charge is 2.18. The Hall–Kier alpha value is -3.73. The first-order chi connectivity index (χ1) is 14.9. The summed E-state index contributed by atoms with van der Waals surface area (Å²) in [6.07, 6.45) is 0. The van der Waals surface area contributed by atoms with Crippen LogP contribution in [0.2, 0.25) is 0 Å². The summed E-state index contributed by atoms with van der Waals surface area (Å²) >= 11 is 1.36. The van der Waals surface area contributed by atoms with Crippen LogP contribution in [0.15, 0.2) is 41.3 Å². The first kappa shape index (κ1) is 22.0. The third-order valence-electron chi connectivity index (χ3n) is 4.14. The van der Waals surface area contributed by atoms with E-state index in [0.29, 0.717) is 22.9 Å². The molecule has 10 nitrogen and oxygen atoms in total. The molecule has 162 valence electrons. The second-order valence-electron chi connectivity index (χ2n) is 6.20. The average molecular weight is 445 g/mol. The van der Waals surface area contributed by atoms with Crippen molar-refractivity contribution in [2.24, 2.45) is 0 Å². The van der Waals surface area contributed by atoms with Gasteiger partial charge in [0.25, 0.3) is 11.8 Å². The van der Waals surface area contributed by atoms with E-state index in [1.54, 1.807) is 18.2 Å². The van der Waals surface area contributed by atoms with Crippen molar-refractivity contribution in [3.05, 3.63) is 47.5 Å². The summed E-state index contributed by atoms with van der Waals surface area (Å²) in [7, 11) is 2.91. The van der Waals surface area contributed by atoms with Gasteiger partial charge in [-0.05, 0) is 36.4 Å². The molecule has 1 aliphatic heterocycles. The van der Waals surface area contributed by atoms with Crippen LogP contribution in [-0.2, 0) is 14.3 Å². The topological polar surface area (TPSA) is 132 Å². The highest BCUT2D eigenvalue weighted by molar-refractivity contribution is 8.00. The Kier molecular flexibility index (Phi) is 6.98. The van der Waals surface area contributed by atoms with Gasteiger partial charge in [-0.3, -0.25) is 25.2 Å². The highest BCUT2D eigenvalue weighted by atomic mass is 32.2. The van der Waals surface area contributed by atoms with E-state index in [4.69, 9.17) is 14.2 Å². The van der Waals surface area contributed by atoms with Crippen LogP contribution in [0, 0.1) is 0 Å². The van der Waals surface area contributed by atoms with Crippen molar-refractivity contribution >= 4 is 41.1 Å². The number of amides is 3. The molecule has 0 fully saturated rings. The first-order valence-corrected chi connectivity index (χ1v) is 9.95. The Bertz CT molecular complexity index is 1040. The molecule has 1 heterocycles. The number of hydrazine groups is 1. The van der Waals surface area contributed by atoms with Crippen molar-refractivity contribution in [3.63, 3.8) is 0 Å². The maximum atomic E-state index is 12.2. The van der Waals surface area contributed by atoms with Gasteiger partial charge in [-0.2, -0.15) is 0 Å².